The van der Waals surface area contributed by atoms with Gasteiger partial charge in [0, 0.05) is 11.3 Å². The Hall–Kier alpha value is -4.49. The average Bonchev–Trinajstić information content (AvgIpc) is 2.95. The Kier molecular flexibility index (Phi) is 9.73. The van der Waals surface area contributed by atoms with Crippen LogP contribution in [0.15, 0.2) is 103 Å². The van der Waals surface area contributed by atoms with E-state index in [-0.39, 0.29) is 30.2 Å². The molecule has 1 amide bonds. The first-order chi connectivity index (χ1) is 18.0. The van der Waals surface area contributed by atoms with E-state index < -0.39 is 6.04 Å². The first kappa shape index (κ1) is 28.1. The largest absolute Gasteiger partial charge is 0.493 e. The maximum Gasteiger partial charge on any atom is 0.247 e. The maximum absolute atomic E-state index is 13.9. The fraction of sp³-hybridized carbons (Fsp3) is 0.133. The third-order valence-electron chi connectivity index (χ3n) is 6.06. The number of nitrogens with one attached hydrogen (secondary N) is 3. The SMILES string of the molecule is COc1ccc([C@@H](Nc2ccc(C(=N)N)cc2)C(=O)NC(c2ccccc2)c2ccccc2)cc1OC.Cl. The average molecular weight is 531 g/mol. The predicted octanol–water partition coefficient (Wildman–Crippen LogP) is 5.47. The lowest BCUT2D eigenvalue weighted by atomic mass is 9.97. The van der Waals surface area contributed by atoms with E-state index in [1.165, 1.54) is 0 Å². The number of hydrogen-bond donors (Lipinski definition) is 4. The van der Waals surface area contributed by atoms with E-state index in [0.717, 1.165) is 11.1 Å². The molecule has 0 bridgehead atoms. The molecule has 0 aliphatic carbocycles. The smallest absolute Gasteiger partial charge is 0.247 e. The molecular weight excluding hydrogens is 500 g/mol. The molecule has 196 valence electrons. The van der Waals surface area contributed by atoms with Gasteiger partial charge in [0.1, 0.15) is 11.9 Å². The third-order valence-corrected chi connectivity index (χ3v) is 6.06. The summed E-state index contributed by atoms with van der Waals surface area (Å²) >= 11 is 0. The molecule has 7 nitrogen and oxygen atoms in total. The number of carbonyl (C=O) groups excluding carboxylic acids is 1. The number of halogens is 1. The quantitative estimate of drug-likeness (QED) is 0.160. The standard InChI is InChI=1S/C30H30N4O3.ClH/c1-36-25-18-15-23(19-26(25)37-2)28(33-24-16-13-22(14-17-24)29(31)32)30(35)34-27(20-9-5-3-6-10-20)21-11-7-4-8-12-21;/h3-19,27-28,33H,1-2H3,(H3,31,32)(H,34,35);1H/t28-;/m1./s1. The van der Waals surface area contributed by atoms with Crippen LogP contribution in [0.1, 0.15) is 34.3 Å². The molecule has 0 unspecified atom stereocenters. The van der Waals surface area contributed by atoms with Crippen molar-refractivity contribution in [3.8, 4) is 11.5 Å². The molecule has 0 aliphatic heterocycles. The summed E-state index contributed by atoms with van der Waals surface area (Å²) in [6.45, 7) is 0. The summed E-state index contributed by atoms with van der Waals surface area (Å²) in [5.41, 5.74) is 9.55. The zero-order valence-corrected chi connectivity index (χ0v) is 22.0. The first-order valence-corrected chi connectivity index (χ1v) is 11.8. The third kappa shape index (κ3) is 6.63. The molecule has 1 atom stereocenters. The van der Waals surface area contributed by atoms with Gasteiger partial charge in [-0.15, -0.1) is 12.4 Å². The van der Waals surface area contributed by atoms with Crippen LogP contribution in [0.25, 0.3) is 0 Å². The van der Waals surface area contributed by atoms with Gasteiger partial charge >= 0.3 is 0 Å². The molecule has 38 heavy (non-hydrogen) atoms. The molecule has 0 saturated carbocycles. The number of benzene rings is 4. The highest BCUT2D eigenvalue weighted by Gasteiger charge is 2.26. The van der Waals surface area contributed by atoms with Gasteiger partial charge in [-0.25, -0.2) is 0 Å². The number of nitrogens with two attached hydrogens (primary N) is 1. The van der Waals surface area contributed by atoms with Gasteiger partial charge in [0.2, 0.25) is 5.91 Å². The van der Waals surface area contributed by atoms with Crippen molar-refractivity contribution in [2.45, 2.75) is 12.1 Å². The second-order valence-electron chi connectivity index (χ2n) is 8.45. The number of amides is 1. The molecule has 0 radical (unpaired) electrons. The van der Waals surface area contributed by atoms with Gasteiger partial charge < -0.3 is 25.8 Å². The number of ether oxygens (including phenoxy) is 2. The second-order valence-corrected chi connectivity index (χ2v) is 8.45. The van der Waals surface area contributed by atoms with Crippen molar-refractivity contribution < 1.29 is 14.3 Å². The zero-order valence-electron chi connectivity index (χ0n) is 21.2. The van der Waals surface area contributed by atoms with E-state index in [2.05, 4.69) is 10.6 Å². The molecule has 4 aromatic rings. The van der Waals surface area contributed by atoms with Gasteiger partial charge in [-0.3, -0.25) is 10.2 Å². The van der Waals surface area contributed by atoms with Crippen molar-refractivity contribution in [3.05, 3.63) is 125 Å². The first-order valence-electron chi connectivity index (χ1n) is 11.8. The van der Waals surface area contributed by atoms with Crippen molar-refractivity contribution in [1.29, 1.82) is 5.41 Å². The fourth-order valence-electron chi connectivity index (χ4n) is 4.12. The van der Waals surface area contributed by atoms with Crippen LogP contribution in [0, 0.1) is 5.41 Å². The highest BCUT2D eigenvalue weighted by molar-refractivity contribution is 5.95. The lowest BCUT2D eigenvalue weighted by molar-refractivity contribution is -0.122. The normalized spacial score (nSPS) is 11.1. The van der Waals surface area contributed by atoms with Crippen LogP contribution in [-0.4, -0.2) is 26.0 Å². The molecule has 0 spiro atoms. The van der Waals surface area contributed by atoms with Crippen LogP contribution in [0.2, 0.25) is 0 Å². The van der Waals surface area contributed by atoms with Gasteiger partial charge in [0.25, 0.3) is 0 Å². The van der Waals surface area contributed by atoms with Crippen molar-refractivity contribution in [1.82, 2.24) is 5.32 Å². The highest BCUT2D eigenvalue weighted by atomic mass is 35.5. The van der Waals surface area contributed by atoms with Crippen LogP contribution in [-0.2, 0) is 4.79 Å². The molecule has 0 aliphatic rings. The van der Waals surface area contributed by atoms with Crippen LogP contribution >= 0.6 is 12.4 Å². The van der Waals surface area contributed by atoms with Crippen LogP contribution in [0.4, 0.5) is 5.69 Å². The number of anilines is 1. The van der Waals surface area contributed by atoms with Crippen molar-refractivity contribution in [2.24, 2.45) is 5.73 Å². The summed E-state index contributed by atoms with van der Waals surface area (Å²) in [6, 6.07) is 31.1. The molecule has 0 aromatic heterocycles. The summed E-state index contributed by atoms with van der Waals surface area (Å²) in [6.07, 6.45) is 0. The second kappa shape index (κ2) is 13.2. The molecule has 0 fully saturated rings. The van der Waals surface area contributed by atoms with Crippen LogP contribution in [0.3, 0.4) is 0 Å². The topological polar surface area (TPSA) is 109 Å². The molecule has 4 rings (SSSR count). The van der Waals surface area contributed by atoms with Crippen molar-refractivity contribution in [3.63, 3.8) is 0 Å². The summed E-state index contributed by atoms with van der Waals surface area (Å²) in [5.74, 6) is 0.853. The molecule has 5 N–H and O–H groups in total. The Balaban J connectivity index is 0.00000400. The summed E-state index contributed by atoms with van der Waals surface area (Å²) in [7, 11) is 3.13. The van der Waals surface area contributed by atoms with E-state index in [0.29, 0.717) is 28.3 Å². The minimum Gasteiger partial charge on any atom is -0.493 e. The van der Waals surface area contributed by atoms with Crippen LogP contribution < -0.4 is 25.8 Å². The van der Waals surface area contributed by atoms with E-state index in [9.17, 15) is 4.79 Å². The number of nitrogen functional groups attached to an aromatic ring is 1. The minimum absolute atomic E-state index is 0. The fourth-order valence-corrected chi connectivity index (χ4v) is 4.12. The van der Waals surface area contributed by atoms with Gasteiger partial charge in [0.15, 0.2) is 11.5 Å². The van der Waals surface area contributed by atoms with E-state index in [4.69, 9.17) is 20.6 Å². The van der Waals surface area contributed by atoms with E-state index in [1.807, 2.05) is 66.7 Å². The van der Waals surface area contributed by atoms with Gasteiger partial charge in [-0.05, 0) is 53.1 Å². The molecular formula is C30H31ClN4O3. The number of rotatable bonds is 10. The highest BCUT2D eigenvalue weighted by Crippen LogP contribution is 2.32. The number of hydrogen-bond acceptors (Lipinski definition) is 5. The van der Waals surface area contributed by atoms with Gasteiger partial charge in [0.05, 0.1) is 20.3 Å². The Morgan fingerprint density at radius 2 is 1.32 bits per heavy atom. The Bertz CT molecular complexity index is 1310. The van der Waals surface area contributed by atoms with Gasteiger partial charge in [-0.1, -0.05) is 66.7 Å². The molecule has 8 heteroatoms. The number of amidine groups is 1. The van der Waals surface area contributed by atoms with Crippen molar-refractivity contribution in [2.75, 3.05) is 19.5 Å². The van der Waals surface area contributed by atoms with Gasteiger partial charge in [-0.2, -0.15) is 0 Å². The Morgan fingerprint density at radius 1 is 0.763 bits per heavy atom. The lowest BCUT2D eigenvalue weighted by Gasteiger charge is -2.26. The summed E-state index contributed by atoms with van der Waals surface area (Å²) in [5, 5.41) is 14.2. The lowest BCUT2D eigenvalue weighted by Crippen LogP contribution is -2.36. The summed E-state index contributed by atoms with van der Waals surface area (Å²) in [4.78, 5) is 13.9. The monoisotopic (exact) mass is 530 g/mol. The van der Waals surface area contributed by atoms with Crippen molar-refractivity contribution >= 4 is 29.8 Å². The molecule has 4 aromatic carbocycles. The number of carbonyl (C=O) groups is 1. The number of methoxy groups -OCH3 is 2. The van der Waals surface area contributed by atoms with E-state index >= 15 is 0 Å². The van der Waals surface area contributed by atoms with Crippen LogP contribution in [0.5, 0.6) is 11.5 Å². The zero-order chi connectivity index (χ0) is 26.2. The summed E-state index contributed by atoms with van der Waals surface area (Å²) < 4.78 is 10.9. The predicted molar refractivity (Wildman–Crippen MR) is 153 cm³/mol. The molecule has 0 heterocycles. The van der Waals surface area contributed by atoms with E-state index in [1.54, 1.807) is 50.6 Å². The Morgan fingerprint density at radius 3 is 1.82 bits per heavy atom. The maximum atomic E-state index is 13.9. The Labute approximate surface area is 228 Å². The minimum atomic E-state index is -0.752. The molecule has 0 saturated heterocycles.